The van der Waals surface area contributed by atoms with Crippen LogP contribution in [0.5, 0.6) is 0 Å². The molecule has 2 aromatic rings. The Kier molecular flexibility index (Phi) is 7.88. The van der Waals surface area contributed by atoms with Crippen LogP contribution in [0.3, 0.4) is 0 Å². The third kappa shape index (κ3) is 5.27. The van der Waals surface area contributed by atoms with Crippen molar-refractivity contribution in [3.63, 3.8) is 0 Å². The Hall–Kier alpha value is -2.86. The summed E-state index contributed by atoms with van der Waals surface area (Å²) in [4.78, 5) is 18.3. The third-order valence-electron chi connectivity index (χ3n) is 7.64. The molecule has 2 aliphatic heterocycles. The van der Waals surface area contributed by atoms with Crippen LogP contribution in [-0.4, -0.2) is 47.0 Å². The Morgan fingerprint density at radius 1 is 1.03 bits per heavy atom. The molecule has 1 fully saturated rings. The highest BCUT2D eigenvalue weighted by atomic mass is 16.4. The van der Waals surface area contributed by atoms with Crippen LogP contribution in [0.15, 0.2) is 53.7 Å². The molecule has 182 valence electrons. The molecule has 0 bridgehead atoms. The fourth-order valence-electron chi connectivity index (χ4n) is 5.68. The number of likely N-dealkylation sites (tertiary alicyclic amines) is 1. The summed E-state index contributed by atoms with van der Waals surface area (Å²) in [5, 5.41) is 12.2. The number of rotatable bonds is 8. The molecule has 1 unspecified atom stereocenters. The van der Waals surface area contributed by atoms with Crippen molar-refractivity contribution in [3.8, 4) is 0 Å². The van der Waals surface area contributed by atoms with Crippen LogP contribution >= 0.6 is 0 Å². The van der Waals surface area contributed by atoms with Crippen molar-refractivity contribution in [2.24, 2.45) is 10.9 Å². The molecule has 2 aliphatic rings. The van der Waals surface area contributed by atoms with E-state index in [0.29, 0.717) is 24.1 Å². The molecule has 1 amide bonds. The Morgan fingerprint density at radius 3 is 2.53 bits per heavy atom. The number of nitrogens with zero attached hydrogens (tertiary/aromatic N) is 3. The number of piperidine rings is 1. The molecule has 3 atom stereocenters. The van der Waals surface area contributed by atoms with Gasteiger partial charge in [-0.25, -0.2) is 0 Å². The van der Waals surface area contributed by atoms with Crippen LogP contribution in [0.1, 0.15) is 75.0 Å². The zero-order chi connectivity index (χ0) is 24.1. The maximum atomic E-state index is 13.6. The van der Waals surface area contributed by atoms with Gasteiger partial charge in [0.25, 0.3) is 0 Å². The monoisotopic (exact) mass is 462 g/mol. The van der Waals surface area contributed by atoms with Crippen LogP contribution in [0, 0.1) is 0 Å². The molecule has 0 aromatic heterocycles. The quantitative estimate of drug-likeness (QED) is 0.192. The number of nitrogens with two attached hydrogens (primary N) is 1. The number of carbonyl (C=O) groups is 1. The standard InChI is InChI=1S/C28H38N4O2/c1-20-10-8-11-21(2)31(20)16-6-3-7-17-32-26-15-5-4-12-23(26)19-25(28(32)33)22-13-9-14-24(18-22)27(29)30-34/h4-5,9,12-15,18,20-21,25,34H,3,6-8,10-11,16-17,19H2,1-2H3,(H2,29,30)/t20-,21+,25?. The Morgan fingerprint density at radius 2 is 1.76 bits per heavy atom. The van der Waals surface area contributed by atoms with Crippen LogP contribution < -0.4 is 10.6 Å². The number of fused-ring (bicyclic) bond motifs is 1. The van der Waals surface area contributed by atoms with E-state index in [1.54, 1.807) is 6.07 Å². The lowest BCUT2D eigenvalue weighted by Gasteiger charge is -2.39. The molecule has 0 radical (unpaired) electrons. The number of oxime groups is 1. The average Bonchev–Trinajstić information content (AvgIpc) is 2.85. The second-order valence-electron chi connectivity index (χ2n) is 9.91. The number of unbranched alkanes of at least 4 members (excludes halogenated alkanes) is 2. The molecule has 34 heavy (non-hydrogen) atoms. The summed E-state index contributed by atoms with van der Waals surface area (Å²) in [6.45, 7) is 6.59. The number of hydrogen-bond donors (Lipinski definition) is 2. The number of hydrogen-bond acceptors (Lipinski definition) is 4. The van der Waals surface area contributed by atoms with Gasteiger partial charge in [-0.3, -0.25) is 9.69 Å². The van der Waals surface area contributed by atoms with Gasteiger partial charge < -0.3 is 15.8 Å². The highest BCUT2D eigenvalue weighted by Gasteiger charge is 2.33. The van der Waals surface area contributed by atoms with Crippen molar-refractivity contribution >= 4 is 17.4 Å². The fourth-order valence-corrected chi connectivity index (χ4v) is 5.68. The van der Waals surface area contributed by atoms with Crippen molar-refractivity contribution in [1.29, 1.82) is 0 Å². The highest BCUT2D eigenvalue weighted by Crippen LogP contribution is 2.36. The molecule has 0 aliphatic carbocycles. The minimum absolute atomic E-state index is 0.0553. The van der Waals surface area contributed by atoms with E-state index >= 15 is 0 Å². The highest BCUT2D eigenvalue weighted by molar-refractivity contribution is 6.02. The van der Waals surface area contributed by atoms with Gasteiger partial charge in [-0.1, -0.05) is 54.4 Å². The topological polar surface area (TPSA) is 82.2 Å². The Labute approximate surface area is 203 Å². The zero-order valence-corrected chi connectivity index (χ0v) is 20.5. The van der Waals surface area contributed by atoms with Crippen molar-refractivity contribution in [2.45, 2.75) is 76.8 Å². The lowest BCUT2D eigenvalue weighted by atomic mass is 9.85. The molecule has 2 heterocycles. The molecule has 6 heteroatoms. The second-order valence-corrected chi connectivity index (χ2v) is 9.91. The van der Waals surface area contributed by atoms with Crippen LogP contribution in [0.4, 0.5) is 5.69 Å². The first-order chi connectivity index (χ1) is 16.5. The molecule has 0 saturated carbocycles. The smallest absolute Gasteiger partial charge is 0.234 e. The first kappa shape index (κ1) is 24.3. The van der Waals surface area contributed by atoms with E-state index in [1.807, 2.05) is 35.2 Å². The predicted octanol–water partition coefficient (Wildman–Crippen LogP) is 4.89. The van der Waals surface area contributed by atoms with Gasteiger partial charge in [-0.05, 0) is 75.8 Å². The largest absolute Gasteiger partial charge is 0.409 e. The van der Waals surface area contributed by atoms with Gasteiger partial charge in [0.1, 0.15) is 0 Å². The Balaban J connectivity index is 1.43. The van der Waals surface area contributed by atoms with Crippen molar-refractivity contribution in [2.75, 3.05) is 18.0 Å². The number of carbonyl (C=O) groups excluding carboxylic acids is 1. The van der Waals surface area contributed by atoms with E-state index < -0.39 is 0 Å². The summed E-state index contributed by atoms with van der Waals surface area (Å²) in [7, 11) is 0. The maximum absolute atomic E-state index is 13.6. The summed E-state index contributed by atoms with van der Waals surface area (Å²) in [5.74, 6) is -0.0790. The lowest BCUT2D eigenvalue weighted by molar-refractivity contribution is -0.120. The molecule has 2 aromatic carbocycles. The third-order valence-corrected chi connectivity index (χ3v) is 7.64. The summed E-state index contributed by atoms with van der Waals surface area (Å²) in [5.41, 5.74) is 9.55. The predicted molar refractivity (Wildman–Crippen MR) is 138 cm³/mol. The van der Waals surface area contributed by atoms with Gasteiger partial charge >= 0.3 is 0 Å². The van der Waals surface area contributed by atoms with E-state index in [4.69, 9.17) is 10.9 Å². The Bertz CT molecular complexity index is 1010. The zero-order valence-electron chi connectivity index (χ0n) is 20.5. The summed E-state index contributed by atoms with van der Waals surface area (Å²) in [6.07, 6.45) is 7.90. The molecule has 1 saturated heterocycles. The SMILES string of the molecule is C[C@@H]1CCC[C@H](C)N1CCCCCN1C(=O)C(c2cccc(/C(N)=N\O)c2)Cc2ccccc21. The number of benzene rings is 2. The van der Waals surface area contributed by atoms with E-state index in [9.17, 15) is 4.79 Å². The first-order valence-electron chi connectivity index (χ1n) is 12.7. The van der Waals surface area contributed by atoms with E-state index in [2.05, 4.69) is 36.0 Å². The number of amides is 1. The molecule has 0 spiro atoms. The van der Waals surface area contributed by atoms with Gasteiger partial charge in [-0.2, -0.15) is 0 Å². The maximum Gasteiger partial charge on any atom is 0.234 e. The summed E-state index contributed by atoms with van der Waals surface area (Å²) < 4.78 is 0. The van der Waals surface area contributed by atoms with Crippen molar-refractivity contribution in [1.82, 2.24) is 4.90 Å². The summed E-state index contributed by atoms with van der Waals surface area (Å²) in [6, 6.07) is 17.1. The van der Waals surface area contributed by atoms with E-state index in [-0.39, 0.29) is 17.7 Å². The lowest BCUT2D eigenvalue weighted by Crippen LogP contribution is -2.44. The van der Waals surface area contributed by atoms with Crippen molar-refractivity contribution < 1.29 is 10.0 Å². The average molecular weight is 463 g/mol. The number of amidine groups is 1. The molecular weight excluding hydrogens is 424 g/mol. The molecule has 3 N–H and O–H groups in total. The minimum Gasteiger partial charge on any atom is -0.409 e. The fraction of sp³-hybridized carbons (Fsp3) is 0.500. The van der Waals surface area contributed by atoms with E-state index in [1.165, 1.54) is 31.2 Å². The van der Waals surface area contributed by atoms with Gasteiger partial charge in [-0.15, -0.1) is 0 Å². The molecule has 4 rings (SSSR count). The first-order valence-corrected chi connectivity index (χ1v) is 12.7. The number of anilines is 1. The molecule has 6 nitrogen and oxygen atoms in total. The number of para-hydroxylation sites is 1. The van der Waals surface area contributed by atoms with Crippen LogP contribution in [0.2, 0.25) is 0 Å². The normalized spacial score (nSPS) is 23.7. The summed E-state index contributed by atoms with van der Waals surface area (Å²) >= 11 is 0. The van der Waals surface area contributed by atoms with Crippen molar-refractivity contribution in [3.05, 3.63) is 65.2 Å². The van der Waals surface area contributed by atoms with Crippen LogP contribution in [0.25, 0.3) is 0 Å². The van der Waals surface area contributed by atoms with Gasteiger partial charge in [0, 0.05) is 29.9 Å². The molecular formula is C28H38N4O2. The van der Waals surface area contributed by atoms with Crippen LogP contribution in [-0.2, 0) is 11.2 Å². The van der Waals surface area contributed by atoms with Gasteiger partial charge in [0.05, 0.1) is 5.92 Å². The van der Waals surface area contributed by atoms with E-state index in [0.717, 1.165) is 37.2 Å². The minimum atomic E-state index is -0.267. The second kappa shape index (κ2) is 11.0. The van der Waals surface area contributed by atoms with Gasteiger partial charge in [0.15, 0.2) is 5.84 Å². The van der Waals surface area contributed by atoms with Gasteiger partial charge in [0.2, 0.25) is 5.91 Å².